The van der Waals surface area contributed by atoms with Crippen LogP contribution in [0, 0.1) is 10.1 Å². The number of nitro groups is 1. The Bertz CT molecular complexity index is 507. The molecule has 0 bridgehead atoms. The number of nitro benzene ring substituents is 1. The van der Waals surface area contributed by atoms with Crippen molar-refractivity contribution < 1.29 is 14.8 Å². The van der Waals surface area contributed by atoms with E-state index in [1.807, 2.05) is 13.8 Å². The molecule has 0 fully saturated rings. The van der Waals surface area contributed by atoms with E-state index < -0.39 is 10.7 Å². The lowest BCUT2D eigenvalue weighted by atomic mass is 10.1. The Labute approximate surface area is 111 Å². The fourth-order valence-corrected chi connectivity index (χ4v) is 1.60. The molecule has 1 N–H and O–H groups in total. The number of carbonyl (C=O) groups is 1. The first-order valence-electron chi connectivity index (χ1n) is 5.94. The summed E-state index contributed by atoms with van der Waals surface area (Å²) in [6, 6.07) is 3.97. The van der Waals surface area contributed by atoms with Gasteiger partial charge in [-0.25, -0.2) is 0 Å². The number of likely N-dealkylation sites (N-methyl/N-ethyl adjacent to an activating group) is 1. The SMILES string of the molecule is CCN(CC)C(=O)/C=C/c1ccc(O)c([N+](=O)[O-])c1. The van der Waals surface area contributed by atoms with E-state index in [4.69, 9.17) is 0 Å². The van der Waals surface area contributed by atoms with E-state index in [0.717, 1.165) is 0 Å². The van der Waals surface area contributed by atoms with E-state index in [1.54, 1.807) is 4.90 Å². The summed E-state index contributed by atoms with van der Waals surface area (Å²) in [5, 5.41) is 20.0. The van der Waals surface area contributed by atoms with Crippen LogP contribution in [0.2, 0.25) is 0 Å². The molecule has 0 unspecified atom stereocenters. The van der Waals surface area contributed by atoms with Crippen molar-refractivity contribution in [1.29, 1.82) is 0 Å². The number of hydrogen-bond acceptors (Lipinski definition) is 4. The summed E-state index contributed by atoms with van der Waals surface area (Å²) in [4.78, 5) is 23.3. The van der Waals surface area contributed by atoms with Crippen molar-refractivity contribution in [3.63, 3.8) is 0 Å². The van der Waals surface area contributed by atoms with E-state index in [0.29, 0.717) is 18.7 Å². The van der Waals surface area contributed by atoms with Gasteiger partial charge in [0.1, 0.15) is 0 Å². The molecule has 0 aliphatic rings. The molecule has 1 amide bonds. The molecule has 0 aromatic heterocycles. The Morgan fingerprint density at radius 1 is 1.42 bits per heavy atom. The van der Waals surface area contributed by atoms with Crippen LogP contribution >= 0.6 is 0 Å². The van der Waals surface area contributed by atoms with Crippen LogP contribution in [-0.4, -0.2) is 33.9 Å². The molecule has 0 saturated carbocycles. The molecule has 0 aliphatic heterocycles. The zero-order valence-corrected chi connectivity index (χ0v) is 10.9. The predicted octanol–water partition coefficient (Wildman–Crippen LogP) is 2.18. The average molecular weight is 264 g/mol. The van der Waals surface area contributed by atoms with Crippen molar-refractivity contribution in [2.75, 3.05) is 13.1 Å². The molecule has 1 aromatic carbocycles. The van der Waals surface area contributed by atoms with Gasteiger partial charge in [0.15, 0.2) is 5.75 Å². The molecule has 6 heteroatoms. The molecule has 19 heavy (non-hydrogen) atoms. The van der Waals surface area contributed by atoms with E-state index in [2.05, 4.69) is 0 Å². The van der Waals surface area contributed by atoms with Crippen LogP contribution in [0.4, 0.5) is 5.69 Å². The maximum absolute atomic E-state index is 11.7. The van der Waals surface area contributed by atoms with Crippen LogP contribution in [0.15, 0.2) is 24.3 Å². The third kappa shape index (κ3) is 3.80. The standard InChI is InChI=1S/C13H16N2O4/c1-3-14(4-2)13(17)8-6-10-5-7-12(16)11(9-10)15(18)19/h5-9,16H,3-4H2,1-2H3/b8-6+. The quantitative estimate of drug-likeness (QED) is 0.502. The van der Waals surface area contributed by atoms with Gasteiger partial charge in [0.25, 0.3) is 0 Å². The second-order valence-electron chi connectivity index (χ2n) is 3.85. The van der Waals surface area contributed by atoms with Crippen LogP contribution in [-0.2, 0) is 4.79 Å². The highest BCUT2D eigenvalue weighted by Crippen LogP contribution is 2.26. The molecular formula is C13H16N2O4. The Kier molecular flexibility index (Phi) is 5.05. The summed E-state index contributed by atoms with van der Waals surface area (Å²) in [6.45, 7) is 4.96. The number of hydrogen-bond donors (Lipinski definition) is 1. The molecule has 0 saturated heterocycles. The van der Waals surface area contributed by atoms with Gasteiger partial charge in [-0.2, -0.15) is 0 Å². The number of rotatable bonds is 5. The molecule has 1 aromatic rings. The molecular weight excluding hydrogens is 248 g/mol. The summed E-state index contributed by atoms with van der Waals surface area (Å²) in [5.74, 6) is -0.544. The molecule has 6 nitrogen and oxygen atoms in total. The zero-order chi connectivity index (χ0) is 14.4. The van der Waals surface area contributed by atoms with Crippen LogP contribution in [0.1, 0.15) is 19.4 Å². The fraction of sp³-hybridized carbons (Fsp3) is 0.308. The van der Waals surface area contributed by atoms with Crippen LogP contribution in [0.25, 0.3) is 6.08 Å². The number of amides is 1. The number of nitrogens with zero attached hydrogens (tertiary/aromatic N) is 2. The molecule has 0 atom stereocenters. The summed E-state index contributed by atoms with van der Waals surface area (Å²) in [5.41, 5.74) is 0.113. The zero-order valence-electron chi connectivity index (χ0n) is 10.9. The molecule has 0 radical (unpaired) electrons. The van der Waals surface area contributed by atoms with Gasteiger partial charge < -0.3 is 10.0 Å². The lowest BCUT2D eigenvalue weighted by molar-refractivity contribution is -0.385. The van der Waals surface area contributed by atoms with Crippen molar-refractivity contribution in [3.8, 4) is 5.75 Å². The molecule has 102 valence electrons. The molecule has 0 spiro atoms. The number of phenols is 1. The second-order valence-corrected chi connectivity index (χ2v) is 3.85. The smallest absolute Gasteiger partial charge is 0.311 e. The van der Waals surface area contributed by atoms with Crippen molar-refractivity contribution in [1.82, 2.24) is 4.90 Å². The van der Waals surface area contributed by atoms with Gasteiger partial charge in [0.05, 0.1) is 4.92 Å². The lowest BCUT2D eigenvalue weighted by Crippen LogP contribution is -2.28. The van der Waals surface area contributed by atoms with Crippen molar-refractivity contribution in [3.05, 3.63) is 40.0 Å². The Morgan fingerprint density at radius 2 is 2.05 bits per heavy atom. The van der Waals surface area contributed by atoms with E-state index in [-0.39, 0.29) is 11.6 Å². The minimum Gasteiger partial charge on any atom is -0.502 e. The van der Waals surface area contributed by atoms with Crippen molar-refractivity contribution in [2.45, 2.75) is 13.8 Å². The first-order chi connectivity index (χ1) is 8.99. The Morgan fingerprint density at radius 3 is 2.58 bits per heavy atom. The first-order valence-corrected chi connectivity index (χ1v) is 5.94. The van der Waals surface area contributed by atoms with Gasteiger partial charge in [-0.3, -0.25) is 14.9 Å². The molecule has 0 aliphatic carbocycles. The Balaban J connectivity index is 2.91. The highest BCUT2D eigenvalue weighted by atomic mass is 16.6. The first kappa shape index (κ1) is 14.7. The van der Waals surface area contributed by atoms with Crippen molar-refractivity contribution in [2.24, 2.45) is 0 Å². The topological polar surface area (TPSA) is 83.7 Å². The third-order valence-corrected chi connectivity index (χ3v) is 2.69. The van der Waals surface area contributed by atoms with Crippen molar-refractivity contribution >= 4 is 17.7 Å². The maximum Gasteiger partial charge on any atom is 0.311 e. The van der Waals surface area contributed by atoms with Crippen LogP contribution < -0.4 is 0 Å². The Hall–Kier alpha value is -2.37. The fourth-order valence-electron chi connectivity index (χ4n) is 1.60. The van der Waals surface area contributed by atoms with Gasteiger partial charge >= 0.3 is 5.69 Å². The van der Waals surface area contributed by atoms with Gasteiger partial charge in [0, 0.05) is 25.2 Å². The highest BCUT2D eigenvalue weighted by molar-refractivity contribution is 5.91. The van der Waals surface area contributed by atoms with E-state index >= 15 is 0 Å². The van der Waals surface area contributed by atoms with E-state index in [1.165, 1.54) is 30.4 Å². The molecule has 0 heterocycles. The third-order valence-electron chi connectivity index (χ3n) is 2.69. The highest BCUT2D eigenvalue weighted by Gasteiger charge is 2.12. The largest absolute Gasteiger partial charge is 0.502 e. The second kappa shape index (κ2) is 6.53. The summed E-state index contributed by atoms with van der Waals surface area (Å²) < 4.78 is 0. The minimum atomic E-state index is -0.668. The predicted molar refractivity (Wildman–Crippen MR) is 71.7 cm³/mol. The van der Waals surface area contributed by atoms with Gasteiger partial charge in [-0.1, -0.05) is 6.07 Å². The number of phenolic OH excluding ortho intramolecular Hbond substituents is 1. The molecule has 1 rings (SSSR count). The maximum atomic E-state index is 11.7. The van der Waals surface area contributed by atoms with Crippen LogP contribution in [0.3, 0.4) is 0 Å². The lowest BCUT2D eigenvalue weighted by Gasteiger charge is -2.15. The number of carbonyl (C=O) groups excluding carboxylic acids is 1. The average Bonchev–Trinajstić information content (AvgIpc) is 2.38. The van der Waals surface area contributed by atoms with Gasteiger partial charge in [0.2, 0.25) is 5.91 Å². The minimum absolute atomic E-state index is 0.152. The summed E-state index contributed by atoms with van der Waals surface area (Å²) in [7, 11) is 0. The monoisotopic (exact) mass is 264 g/mol. The van der Waals surface area contributed by atoms with Gasteiger partial charge in [-0.05, 0) is 31.6 Å². The normalized spacial score (nSPS) is 10.6. The van der Waals surface area contributed by atoms with Gasteiger partial charge in [-0.15, -0.1) is 0 Å². The van der Waals surface area contributed by atoms with E-state index in [9.17, 15) is 20.0 Å². The number of aromatic hydroxyl groups is 1. The number of benzene rings is 1. The summed E-state index contributed by atoms with van der Waals surface area (Å²) in [6.07, 6.45) is 2.86. The van der Waals surface area contributed by atoms with Crippen LogP contribution in [0.5, 0.6) is 5.75 Å². The summed E-state index contributed by atoms with van der Waals surface area (Å²) >= 11 is 0.